The molecule has 2 N–H and O–H groups in total. The second kappa shape index (κ2) is 9.34. The SMILES string of the molecule is O=CNc1ccccc1OCCNCc1cncc(-c2ccccc2)c1. The average molecular weight is 347 g/mol. The van der Waals surface area contributed by atoms with Gasteiger partial charge >= 0.3 is 0 Å². The molecule has 0 saturated carbocycles. The lowest BCUT2D eigenvalue weighted by Gasteiger charge is -2.11. The third-order valence-electron chi connectivity index (χ3n) is 3.87. The van der Waals surface area contributed by atoms with Crippen molar-refractivity contribution in [2.45, 2.75) is 6.54 Å². The Balaban J connectivity index is 1.48. The first-order chi connectivity index (χ1) is 12.9. The van der Waals surface area contributed by atoms with E-state index >= 15 is 0 Å². The molecule has 5 heteroatoms. The molecule has 0 bridgehead atoms. The van der Waals surface area contributed by atoms with Crippen molar-refractivity contribution < 1.29 is 9.53 Å². The number of benzene rings is 2. The molecule has 0 atom stereocenters. The zero-order valence-corrected chi connectivity index (χ0v) is 14.4. The largest absolute Gasteiger partial charge is 0.490 e. The minimum Gasteiger partial charge on any atom is -0.490 e. The first-order valence-corrected chi connectivity index (χ1v) is 8.49. The maximum absolute atomic E-state index is 10.6. The Morgan fingerprint density at radius 2 is 1.77 bits per heavy atom. The van der Waals surface area contributed by atoms with Crippen molar-refractivity contribution in [2.24, 2.45) is 0 Å². The van der Waals surface area contributed by atoms with Crippen LogP contribution in [0.15, 0.2) is 73.1 Å². The smallest absolute Gasteiger partial charge is 0.211 e. The number of carbonyl (C=O) groups is 1. The van der Waals surface area contributed by atoms with Gasteiger partial charge in [0.15, 0.2) is 0 Å². The van der Waals surface area contributed by atoms with Crippen LogP contribution in [-0.4, -0.2) is 24.5 Å². The van der Waals surface area contributed by atoms with Gasteiger partial charge in [-0.15, -0.1) is 0 Å². The number of pyridine rings is 1. The Morgan fingerprint density at radius 1 is 0.962 bits per heavy atom. The fraction of sp³-hybridized carbons (Fsp3) is 0.143. The van der Waals surface area contributed by atoms with E-state index in [9.17, 15) is 4.79 Å². The van der Waals surface area contributed by atoms with Crippen LogP contribution >= 0.6 is 0 Å². The first kappa shape index (κ1) is 17.6. The van der Waals surface area contributed by atoms with E-state index in [0.29, 0.717) is 37.5 Å². The molecule has 132 valence electrons. The summed E-state index contributed by atoms with van der Waals surface area (Å²) in [5, 5.41) is 5.98. The van der Waals surface area contributed by atoms with E-state index in [1.165, 1.54) is 0 Å². The molecule has 0 spiro atoms. The van der Waals surface area contributed by atoms with Gasteiger partial charge in [0, 0.05) is 31.0 Å². The highest BCUT2D eigenvalue weighted by Gasteiger charge is 2.02. The van der Waals surface area contributed by atoms with Crippen LogP contribution in [0.4, 0.5) is 5.69 Å². The van der Waals surface area contributed by atoms with E-state index < -0.39 is 0 Å². The summed E-state index contributed by atoms with van der Waals surface area (Å²) in [7, 11) is 0. The van der Waals surface area contributed by atoms with E-state index in [1.807, 2.05) is 48.8 Å². The molecular formula is C21H21N3O2. The molecule has 5 nitrogen and oxygen atoms in total. The van der Waals surface area contributed by atoms with Crippen molar-refractivity contribution in [2.75, 3.05) is 18.5 Å². The summed E-state index contributed by atoms with van der Waals surface area (Å²) < 4.78 is 5.72. The monoisotopic (exact) mass is 347 g/mol. The number of nitrogens with zero attached hydrogens (tertiary/aromatic N) is 1. The standard InChI is InChI=1S/C21H21N3O2/c25-16-24-20-8-4-5-9-21(20)26-11-10-22-13-17-12-19(15-23-14-17)18-6-2-1-3-7-18/h1-9,12,14-16,22H,10-11,13H2,(H,24,25). The number of aromatic nitrogens is 1. The number of amides is 1. The summed E-state index contributed by atoms with van der Waals surface area (Å²) in [5.74, 6) is 0.661. The molecule has 1 amide bonds. The first-order valence-electron chi connectivity index (χ1n) is 8.49. The highest BCUT2D eigenvalue weighted by atomic mass is 16.5. The summed E-state index contributed by atoms with van der Waals surface area (Å²) in [6, 6.07) is 19.7. The molecule has 1 aromatic heterocycles. The molecule has 0 aliphatic heterocycles. The van der Waals surface area contributed by atoms with Gasteiger partial charge in [0.25, 0.3) is 0 Å². The molecule has 0 aliphatic rings. The van der Waals surface area contributed by atoms with Gasteiger partial charge in [0.2, 0.25) is 6.41 Å². The summed E-state index contributed by atoms with van der Waals surface area (Å²) in [4.78, 5) is 14.9. The minimum atomic E-state index is 0.503. The number of anilines is 1. The molecule has 0 saturated heterocycles. The minimum absolute atomic E-state index is 0.503. The molecule has 0 radical (unpaired) electrons. The van der Waals surface area contributed by atoms with Crippen LogP contribution in [-0.2, 0) is 11.3 Å². The summed E-state index contributed by atoms with van der Waals surface area (Å²) in [6.45, 7) is 1.90. The zero-order valence-electron chi connectivity index (χ0n) is 14.4. The molecular weight excluding hydrogens is 326 g/mol. The number of hydrogen-bond donors (Lipinski definition) is 2. The molecule has 0 aliphatic carbocycles. The van der Waals surface area contributed by atoms with E-state index in [0.717, 1.165) is 16.7 Å². The van der Waals surface area contributed by atoms with Crippen LogP contribution < -0.4 is 15.4 Å². The zero-order chi connectivity index (χ0) is 18.0. The molecule has 0 fully saturated rings. The van der Waals surface area contributed by atoms with Crippen molar-refractivity contribution in [1.82, 2.24) is 10.3 Å². The van der Waals surface area contributed by atoms with Crippen LogP contribution in [0.1, 0.15) is 5.56 Å². The highest BCUT2D eigenvalue weighted by molar-refractivity contribution is 5.75. The van der Waals surface area contributed by atoms with Gasteiger partial charge in [-0.2, -0.15) is 0 Å². The maximum atomic E-state index is 10.6. The molecule has 3 rings (SSSR count). The highest BCUT2D eigenvalue weighted by Crippen LogP contribution is 2.22. The van der Waals surface area contributed by atoms with Crippen LogP contribution in [0.25, 0.3) is 11.1 Å². The number of ether oxygens (including phenoxy) is 1. The maximum Gasteiger partial charge on any atom is 0.211 e. The van der Waals surface area contributed by atoms with E-state index in [2.05, 4.69) is 33.8 Å². The summed E-state index contributed by atoms with van der Waals surface area (Å²) >= 11 is 0. The topological polar surface area (TPSA) is 63.2 Å². The third-order valence-corrected chi connectivity index (χ3v) is 3.87. The number of para-hydroxylation sites is 2. The number of hydrogen-bond acceptors (Lipinski definition) is 4. The van der Waals surface area contributed by atoms with Crippen LogP contribution in [0.2, 0.25) is 0 Å². The quantitative estimate of drug-likeness (QED) is 0.459. The predicted molar refractivity (Wildman–Crippen MR) is 103 cm³/mol. The van der Waals surface area contributed by atoms with Crippen LogP contribution in [0.3, 0.4) is 0 Å². The van der Waals surface area contributed by atoms with Crippen molar-refractivity contribution in [3.05, 3.63) is 78.6 Å². The van der Waals surface area contributed by atoms with Crippen molar-refractivity contribution >= 4 is 12.1 Å². The molecule has 26 heavy (non-hydrogen) atoms. The summed E-state index contributed by atoms with van der Waals surface area (Å²) in [5.41, 5.74) is 4.05. The second-order valence-electron chi connectivity index (χ2n) is 5.73. The number of rotatable bonds is 9. The summed E-state index contributed by atoms with van der Waals surface area (Å²) in [6.07, 6.45) is 4.38. The molecule has 1 heterocycles. The predicted octanol–water partition coefficient (Wildman–Crippen LogP) is 3.49. The lowest BCUT2D eigenvalue weighted by molar-refractivity contribution is -0.105. The van der Waals surface area contributed by atoms with Crippen LogP contribution in [0.5, 0.6) is 5.75 Å². The molecule has 2 aromatic carbocycles. The van der Waals surface area contributed by atoms with Crippen molar-refractivity contribution in [1.29, 1.82) is 0 Å². The van der Waals surface area contributed by atoms with Gasteiger partial charge in [0.1, 0.15) is 12.4 Å². The number of carbonyl (C=O) groups excluding carboxylic acids is 1. The van der Waals surface area contributed by atoms with Gasteiger partial charge in [0.05, 0.1) is 5.69 Å². The lowest BCUT2D eigenvalue weighted by atomic mass is 10.1. The Morgan fingerprint density at radius 3 is 2.62 bits per heavy atom. The lowest BCUT2D eigenvalue weighted by Crippen LogP contribution is -2.21. The van der Waals surface area contributed by atoms with Gasteiger partial charge in [-0.25, -0.2) is 0 Å². The fourth-order valence-electron chi connectivity index (χ4n) is 2.61. The van der Waals surface area contributed by atoms with E-state index in [-0.39, 0.29) is 0 Å². The Bertz CT molecular complexity index is 837. The second-order valence-corrected chi connectivity index (χ2v) is 5.73. The van der Waals surface area contributed by atoms with Gasteiger partial charge in [-0.3, -0.25) is 9.78 Å². The van der Waals surface area contributed by atoms with Crippen LogP contribution in [0, 0.1) is 0 Å². The third kappa shape index (κ3) is 4.91. The van der Waals surface area contributed by atoms with Gasteiger partial charge < -0.3 is 15.4 Å². The van der Waals surface area contributed by atoms with Crippen molar-refractivity contribution in [3.63, 3.8) is 0 Å². The number of nitrogens with one attached hydrogen (secondary N) is 2. The molecule has 0 unspecified atom stereocenters. The molecule has 3 aromatic rings. The van der Waals surface area contributed by atoms with E-state index in [1.54, 1.807) is 6.07 Å². The van der Waals surface area contributed by atoms with Gasteiger partial charge in [-0.1, -0.05) is 42.5 Å². The normalized spacial score (nSPS) is 10.3. The van der Waals surface area contributed by atoms with Gasteiger partial charge in [-0.05, 0) is 29.3 Å². The van der Waals surface area contributed by atoms with Crippen molar-refractivity contribution in [3.8, 4) is 16.9 Å². The fourth-order valence-corrected chi connectivity index (χ4v) is 2.61. The average Bonchev–Trinajstić information content (AvgIpc) is 2.70. The van der Waals surface area contributed by atoms with E-state index in [4.69, 9.17) is 4.74 Å². The Hall–Kier alpha value is -3.18. The Kier molecular flexibility index (Phi) is 6.34. The Labute approximate surface area is 153 Å².